The molecule has 1 amide bonds. The monoisotopic (exact) mass is 355 g/mol. The number of halogens is 1. The van der Waals surface area contributed by atoms with Crippen molar-refractivity contribution in [3.05, 3.63) is 58.0 Å². The van der Waals surface area contributed by atoms with Gasteiger partial charge in [0.1, 0.15) is 0 Å². The zero-order valence-electron chi connectivity index (χ0n) is 13.6. The molecule has 3 aromatic rings. The molecule has 128 valence electrons. The topological polar surface area (TPSA) is 96.7 Å². The lowest BCUT2D eigenvalue weighted by Gasteiger charge is -2.10. The van der Waals surface area contributed by atoms with Crippen LogP contribution in [0.2, 0.25) is 5.02 Å². The number of hydrogen-bond donors (Lipinski definition) is 3. The highest BCUT2D eigenvalue weighted by Gasteiger charge is 2.29. The number of nitrogens with one attached hydrogen (secondary N) is 2. The van der Waals surface area contributed by atoms with Crippen molar-refractivity contribution >= 4 is 28.4 Å². The maximum absolute atomic E-state index is 12.7. The van der Waals surface area contributed by atoms with E-state index in [4.69, 9.17) is 17.3 Å². The third kappa shape index (κ3) is 3.23. The maximum Gasteiger partial charge on any atom is 0.253 e. The summed E-state index contributed by atoms with van der Waals surface area (Å²) in [6.07, 6.45) is 2.15. The van der Waals surface area contributed by atoms with Gasteiger partial charge in [0.2, 0.25) is 0 Å². The molecule has 1 aromatic carbocycles. The molecular weight excluding hydrogens is 338 g/mol. The highest BCUT2D eigenvalue weighted by molar-refractivity contribution is 6.31. The van der Waals surface area contributed by atoms with E-state index in [1.54, 1.807) is 6.07 Å². The Morgan fingerprint density at radius 2 is 2.16 bits per heavy atom. The van der Waals surface area contributed by atoms with E-state index in [9.17, 15) is 4.79 Å². The first-order valence-electron chi connectivity index (χ1n) is 8.26. The van der Waals surface area contributed by atoms with Gasteiger partial charge in [0.15, 0.2) is 0 Å². The summed E-state index contributed by atoms with van der Waals surface area (Å²) in [6.45, 7) is 0.723. The van der Waals surface area contributed by atoms with E-state index in [0.717, 1.165) is 40.8 Å². The van der Waals surface area contributed by atoms with Crippen LogP contribution in [0, 0.1) is 0 Å². The Hall–Kier alpha value is -2.44. The van der Waals surface area contributed by atoms with E-state index >= 15 is 0 Å². The first-order chi connectivity index (χ1) is 12.2. The molecular formula is C18H18ClN5O. The number of nitrogens with two attached hydrogens (primary N) is 1. The number of amides is 1. The summed E-state index contributed by atoms with van der Waals surface area (Å²) >= 11 is 6.05. The number of carbonyl (C=O) groups is 1. The van der Waals surface area contributed by atoms with Crippen molar-refractivity contribution in [2.45, 2.75) is 31.8 Å². The number of benzene rings is 1. The number of carbonyl (C=O) groups excluding carboxylic acids is 1. The zero-order valence-corrected chi connectivity index (χ0v) is 14.3. The van der Waals surface area contributed by atoms with E-state index in [1.807, 2.05) is 24.3 Å². The van der Waals surface area contributed by atoms with Crippen LogP contribution in [0.3, 0.4) is 0 Å². The molecule has 1 fully saturated rings. The molecule has 25 heavy (non-hydrogen) atoms. The van der Waals surface area contributed by atoms with Crippen molar-refractivity contribution in [2.24, 2.45) is 5.73 Å². The summed E-state index contributed by atoms with van der Waals surface area (Å²) < 4.78 is 0. The summed E-state index contributed by atoms with van der Waals surface area (Å²) in [6, 6.07) is 9.11. The van der Waals surface area contributed by atoms with Crippen molar-refractivity contribution in [3.8, 4) is 0 Å². The van der Waals surface area contributed by atoms with Crippen LogP contribution in [0.1, 0.15) is 46.2 Å². The molecule has 4 rings (SSSR count). The molecule has 0 saturated heterocycles. The van der Waals surface area contributed by atoms with Gasteiger partial charge in [0, 0.05) is 22.9 Å². The second-order valence-corrected chi connectivity index (χ2v) is 6.70. The van der Waals surface area contributed by atoms with Crippen LogP contribution in [0.5, 0.6) is 0 Å². The van der Waals surface area contributed by atoms with Crippen LogP contribution in [-0.4, -0.2) is 21.1 Å². The van der Waals surface area contributed by atoms with Gasteiger partial charge in [-0.25, -0.2) is 0 Å². The number of aromatic amines is 1. The lowest BCUT2D eigenvalue weighted by molar-refractivity contribution is 0.0949. The Bertz CT molecular complexity index is 948. The van der Waals surface area contributed by atoms with Gasteiger partial charge >= 0.3 is 0 Å². The molecule has 6 nitrogen and oxygen atoms in total. The molecule has 1 aliphatic carbocycles. The highest BCUT2D eigenvalue weighted by atomic mass is 35.5. The van der Waals surface area contributed by atoms with Crippen molar-refractivity contribution in [1.82, 2.24) is 20.5 Å². The first-order valence-corrected chi connectivity index (χ1v) is 8.64. The molecule has 2 heterocycles. The first kappa shape index (κ1) is 16.1. The number of rotatable bonds is 5. The van der Waals surface area contributed by atoms with E-state index < -0.39 is 0 Å². The number of hydrogen-bond acceptors (Lipinski definition) is 4. The summed E-state index contributed by atoms with van der Waals surface area (Å²) in [5.74, 6) is 0.238. The Balaban J connectivity index is 1.55. The standard InChI is InChI=1S/C18H18ClN5O/c19-11-3-6-15-14(7-11)16(24-23-15)9-21-18(25)13-5-4-12(8-20)22-17(13)10-1-2-10/h3-7,10H,1-2,8-9,20H2,(H,21,25)(H,23,24). The Morgan fingerprint density at radius 1 is 1.32 bits per heavy atom. The molecule has 2 aromatic heterocycles. The van der Waals surface area contributed by atoms with E-state index in [-0.39, 0.29) is 5.91 Å². The molecule has 1 saturated carbocycles. The molecule has 0 aliphatic heterocycles. The van der Waals surface area contributed by atoms with Gasteiger partial charge in [-0.15, -0.1) is 0 Å². The van der Waals surface area contributed by atoms with Crippen LogP contribution in [0.4, 0.5) is 0 Å². The van der Waals surface area contributed by atoms with Crippen LogP contribution >= 0.6 is 11.6 Å². The normalized spacial score (nSPS) is 14.0. The Kier molecular flexibility index (Phi) is 4.15. The predicted molar refractivity (Wildman–Crippen MR) is 96.4 cm³/mol. The molecule has 7 heteroatoms. The molecule has 0 radical (unpaired) electrons. The zero-order chi connectivity index (χ0) is 17.4. The van der Waals surface area contributed by atoms with E-state index in [1.165, 1.54) is 0 Å². The van der Waals surface area contributed by atoms with Crippen molar-refractivity contribution in [3.63, 3.8) is 0 Å². The number of fused-ring (bicyclic) bond motifs is 1. The summed E-state index contributed by atoms with van der Waals surface area (Å²) in [4.78, 5) is 17.2. The summed E-state index contributed by atoms with van der Waals surface area (Å²) in [5, 5.41) is 11.7. The quantitative estimate of drug-likeness (QED) is 0.655. The van der Waals surface area contributed by atoms with Gasteiger partial charge in [-0.2, -0.15) is 5.10 Å². The minimum atomic E-state index is -0.136. The van der Waals surface area contributed by atoms with Crippen molar-refractivity contribution in [1.29, 1.82) is 0 Å². The Labute approximate surface area is 149 Å². The minimum Gasteiger partial charge on any atom is -0.346 e. The second-order valence-electron chi connectivity index (χ2n) is 6.26. The number of H-pyrrole nitrogens is 1. The lowest BCUT2D eigenvalue weighted by atomic mass is 10.1. The van der Waals surface area contributed by atoms with Gasteiger partial charge in [-0.05, 0) is 43.2 Å². The second kappa shape index (κ2) is 6.46. The number of aromatic nitrogens is 3. The third-order valence-electron chi connectivity index (χ3n) is 4.42. The van der Waals surface area contributed by atoms with Crippen molar-refractivity contribution in [2.75, 3.05) is 0 Å². The molecule has 0 bridgehead atoms. The molecule has 1 aliphatic rings. The maximum atomic E-state index is 12.7. The fourth-order valence-electron chi connectivity index (χ4n) is 2.92. The van der Waals surface area contributed by atoms with Gasteiger partial charge in [-0.3, -0.25) is 14.9 Å². The minimum absolute atomic E-state index is 0.136. The van der Waals surface area contributed by atoms with Crippen LogP contribution in [-0.2, 0) is 13.1 Å². The van der Waals surface area contributed by atoms with Crippen molar-refractivity contribution < 1.29 is 4.79 Å². The fraction of sp³-hybridized carbons (Fsp3) is 0.278. The largest absolute Gasteiger partial charge is 0.346 e. The number of nitrogens with zero attached hydrogens (tertiary/aromatic N) is 2. The average molecular weight is 356 g/mol. The van der Waals surface area contributed by atoms with Crippen LogP contribution in [0.25, 0.3) is 10.9 Å². The van der Waals surface area contributed by atoms with E-state index in [2.05, 4.69) is 20.5 Å². The Morgan fingerprint density at radius 3 is 2.92 bits per heavy atom. The smallest absolute Gasteiger partial charge is 0.253 e. The summed E-state index contributed by atoms with van der Waals surface area (Å²) in [5.41, 5.74) is 9.61. The molecule has 0 unspecified atom stereocenters. The van der Waals surface area contributed by atoms with Crippen LogP contribution in [0.15, 0.2) is 30.3 Å². The summed E-state index contributed by atoms with van der Waals surface area (Å²) in [7, 11) is 0. The fourth-order valence-corrected chi connectivity index (χ4v) is 3.10. The van der Waals surface area contributed by atoms with Gasteiger partial charge in [0.25, 0.3) is 5.91 Å². The lowest BCUT2D eigenvalue weighted by Crippen LogP contribution is -2.25. The van der Waals surface area contributed by atoms with Gasteiger partial charge < -0.3 is 11.1 Å². The molecule has 4 N–H and O–H groups in total. The molecule has 0 atom stereocenters. The van der Waals surface area contributed by atoms with Gasteiger partial charge in [-0.1, -0.05) is 11.6 Å². The molecule has 0 spiro atoms. The highest BCUT2D eigenvalue weighted by Crippen LogP contribution is 2.40. The van der Waals surface area contributed by atoms with Gasteiger partial charge in [0.05, 0.1) is 34.7 Å². The average Bonchev–Trinajstić information content (AvgIpc) is 3.40. The SMILES string of the molecule is NCc1ccc(C(=O)NCc2[nH]nc3ccc(Cl)cc23)c(C2CC2)n1. The van der Waals surface area contributed by atoms with Crippen LogP contribution < -0.4 is 11.1 Å². The van der Waals surface area contributed by atoms with E-state index in [0.29, 0.717) is 29.6 Å². The third-order valence-corrected chi connectivity index (χ3v) is 4.66. The predicted octanol–water partition coefficient (Wildman–Crippen LogP) is 2.88. The number of pyridine rings is 1.